The third kappa shape index (κ3) is 3.64. The largest absolute Gasteiger partial charge is 0.345 e. The van der Waals surface area contributed by atoms with Crippen LogP contribution in [-0.2, 0) is 4.79 Å². The van der Waals surface area contributed by atoms with E-state index in [1.54, 1.807) is 0 Å². The van der Waals surface area contributed by atoms with Gasteiger partial charge in [0, 0.05) is 20.1 Å². The molecule has 0 aliphatic carbocycles. The van der Waals surface area contributed by atoms with Gasteiger partial charge >= 0.3 is 0 Å². The number of nitrogens with two attached hydrogens (primary N) is 1. The molecule has 0 aromatic carbocycles. The lowest BCUT2D eigenvalue weighted by molar-refractivity contribution is -0.129. The van der Waals surface area contributed by atoms with Gasteiger partial charge in [0.25, 0.3) is 0 Å². The van der Waals surface area contributed by atoms with Gasteiger partial charge in [-0.2, -0.15) is 0 Å². The molecule has 4 nitrogen and oxygen atoms in total. The van der Waals surface area contributed by atoms with Gasteiger partial charge in [-0.05, 0) is 32.4 Å². The highest BCUT2D eigenvalue weighted by Gasteiger charge is 2.17. The standard InChI is InChI=1S/C10H21N3O/c1-12-6-4-8-13(9-10(12)14)7-3-2-5-11/h2-9,11H2,1H3. The van der Waals surface area contributed by atoms with Gasteiger partial charge in [-0.25, -0.2) is 0 Å². The van der Waals surface area contributed by atoms with Gasteiger partial charge in [0.2, 0.25) is 5.91 Å². The van der Waals surface area contributed by atoms with E-state index in [9.17, 15) is 4.79 Å². The summed E-state index contributed by atoms with van der Waals surface area (Å²) in [5.41, 5.74) is 5.43. The van der Waals surface area contributed by atoms with Crippen LogP contribution in [0.3, 0.4) is 0 Å². The number of hydrogen-bond donors (Lipinski definition) is 1. The zero-order valence-electron chi connectivity index (χ0n) is 9.04. The molecule has 1 aliphatic rings. The van der Waals surface area contributed by atoms with Crippen molar-refractivity contribution < 1.29 is 4.79 Å². The molecule has 1 heterocycles. The first-order valence-corrected chi connectivity index (χ1v) is 5.40. The molecule has 0 unspecified atom stereocenters. The smallest absolute Gasteiger partial charge is 0.236 e. The molecule has 1 aliphatic heterocycles. The van der Waals surface area contributed by atoms with Crippen LogP contribution in [0.4, 0.5) is 0 Å². The summed E-state index contributed by atoms with van der Waals surface area (Å²) in [7, 11) is 1.88. The molecule has 0 aromatic rings. The first-order chi connectivity index (χ1) is 6.74. The van der Waals surface area contributed by atoms with Crippen molar-refractivity contribution in [1.29, 1.82) is 0 Å². The average molecular weight is 199 g/mol. The quantitative estimate of drug-likeness (QED) is 0.643. The van der Waals surface area contributed by atoms with E-state index in [1.807, 2.05) is 11.9 Å². The van der Waals surface area contributed by atoms with Crippen molar-refractivity contribution in [1.82, 2.24) is 9.80 Å². The van der Waals surface area contributed by atoms with E-state index in [0.29, 0.717) is 6.54 Å². The van der Waals surface area contributed by atoms with E-state index >= 15 is 0 Å². The van der Waals surface area contributed by atoms with Crippen LogP contribution in [0.2, 0.25) is 0 Å². The van der Waals surface area contributed by atoms with Crippen LogP contribution >= 0.6 is 0 Å². The SMILES string of the molecule is CN1CCCN(CCCCN)CC1=O. The lowest BCUT2D eigenvalue weighted by atomic mass is 10.3. The zero-order chi connectivity index (χ0) is 10.4. The number of nitrogens with zero attached hydrogens (tertiary/aromatic N) is 2. The molecule has 1 fully saturated rings. The van der Waals surface area contributed by atoms with Gasteiger partial charge in [0.1, 0.15) is 0 Å². The minimum atomic E-state index is 0.246. The zero-order valence-corrected chi connectivity index (χ0v) is 9.04. The summed E-state index contributed by atoms with van der Waals surface area (Å²) in [6.45, 7) is 4.28. The summed E-state index contributed by atoms with van der Waals surface area (Å²) in [5.74, 6) is 0.246. The van der Waals surface area contributed by atoms with E-state index in [-0.39, 0.29) is 5.91 Å². The van der Waals surface area contributed by atoms with E-state index in [0.717, 1.165) is 45.4 Å². The lowest BCUT2D eigenvalue weighted by Crippen LogP contribution is -2.34. The van der Waals surface area contributed by atoms with E-state index in [4.69, 9.17) is 5.73 Å². The molecule has 0 bridgehead atoms. The molecule has 1 amide bonds. The second-order valence-corrected chi connectivity index (χ2v) is 3.94. The van der Waals surface area contributed by atoms with Gasteiger partial charge in [-0.15, -0.1) is 0 Å². The Bertz CT molecular complexity index is 184. The minimum Gasteiger partial charge on any atom is -0.345 e. The maximum absolute atomic E-state index is 11.5. The number of likely N-dealkylation sites (N-methyl/N-ethyl adjacent to an activating group) is 1. The van der Waals surface area contributed by atoms with Gasteiger partial charge < -0.3 is 10.6 Å². The van der Waals surface area contributed by atoms with Crippen LogP contribution in [0, 0.1) is 0 Å². The number of unbranched alkanes of at least 4 members (excludes halogenated alkanes) is 1. The second-order valence-electron chi connectivity index (χ2n) is 3.94. The second kappa shape index (κ2) is 5.98. The highest BCUT2D eigenvalue weighted by Crippen LogP contribution is 2.03. The Kier molecular flexibility index (Phi) is 4.90. The first-order valence-electron chi connectivity index (χ1n) is 5.40. The predicted octanol–water partition coefficient (Wildman–Crippen LogP) is -0.111. The molecular formula is C10H21N3O. The van der Waals surface area contributed by atoms with Gasteiger partial charge in [0.15, 0.2) is 0 Å². The van der Waals surface area contributed by atoms with Gasteiger partial charge in [0.05, 0.1) is 6.54 Å². The summed E-state index contributed by atoms with van der Waals surface area (Å²) in [4.78, 5) is 15.6. The maximum atomic E-state index is 11.5. The molecule has 1 rings (SSSR count). The minimum absolute atomic E-state index is 0.246. The van der Waals surface area contributed by atoms with Gasteiger partial charge in [-0.3, -0.25) is 9.69 Å². The Hall–Kier alpha value is -0.610. The Morgan fingerprint density at radius 3 is 2.86 bits per heavy atom. The lowest BCUT2D eigenvalue weighted by Gasteiger charge is -2.18. The summed E-state index contributed by atoms with van der Waals surface area (Å²) < 4.78 is 0. The summed E-state index contributed by atoms with van der Waals surface area (Å²) in [5, 5.41) is 0. The number of rotatable bonds is 4. The Balaban J connectivity index is 2.27. The topological polar surface area (TPSA) is 49.6 Å². The van der Waals surface area contributed by atoms with Crippen molar-refractivity contribution >= 4 is 5.91 Å². The van der Waals surface area contributed by atoms with Crippen molar-refractivity contribution in [3.63, 3.8) is 0 Å². The fraction of sp³-hybridized carbons (Fsp3) is 0.900. The molecular weight excluding hydrogens is 178 g/mol. The molecule has 82 valence electrons. The van der Waals surface area contributed by atoms with E-state index < -0.39 is 0 Å². The number of carbonyl (C=O) groups is 1. The van der Waals surface area contributed by atoms with Gasteiger partial charge in [-0.1, -0.05) is 0 Å². The van der Waals surface area contributed by atoms with Crippen LogP contribution in [-0.4, -0.2) is 55.5 Å². The molecule has 0 aromatic heterocycles. The molecule has 0 atom stereocenters. The van der Waals surface area contributed by atoms with Crippen molar-refractivity contribution in [2.75, 3.05) is 39.8 Å². The fourth-order valence-corrected chi connectivity index (χ4v) is 1.72. The maximum Gasteiger partial charge on any atom is 0.236 e. The van der Waals surface area contributed by atoms with Crippen LogP contribution in [0.15, 0.2) is 0 Å². The molecule has 0 spiro atoms. The third-order valence-corrected chi connectivity index (χ3v) is 2.68. The molecule has 0 saturated carbocycles. The molecule has 1 saturated heterocycles. The number of amides is 1. The van der Waals surface area contributed by atoms with Crippen LogP contribution in [0.1, 0.15) is 19.3 Å². The van der Waals surface area contributed by atoms with E-state index in [2.05, 4.69) is 4.90 Å². The summed E-state index contributed by atoms with van der Waals surface area (Å²) in [6.07, 6.45) is 3.25. The highest BCUT2D eigenvalue weighted by molar-refractivity contribution is 5.78. The average Bonchev–Trinajstić information content (AvgIpc) is 2.31. The monoisotopic (exact) mass is 199 g/mol. The van der Waals surface area contributed by atoms with Crippen molar-refractivity contribution in [2.45, 2.75) is 19.3 Å². The number of hydrogen-bond acceptors (Lipinski definition) is 3. The van der Waals surface area contributed by atoms with Crippen molar-refractivity contribution in [2.24, 2.45) is 5.73 Å². The summed E-state index contributed by atoms with van der Waals surface area (Å²) in [6, 6.07) is 0. The van der Waals surface area contributed by atoms with Crippen molar-refractivity contribution in [3.05, 3.63) is 0 Å². The molecule has 4 heteroatoms. The van der Waals surface area contributed by atoms with Crippen LogP contribution < -0.4 is 5.73 Å². The molecule has 14 heavy (non-hydrogen) atoms. The third-order valence-electron chi connectivity index (χ3n) is 2.68. The Morgan fingerprint density at radius 1 is 1.36 bits per heavy atom. The normalized spacial score (nSPS) is 19.9. The highest BCUT2D eigenvalue weighted by atomic mass is 16.2. The predicted molar refractivity (Wildman–Crippen MR) is 57.0 cm³/mol. The van der Waals surface area contributed by atoms with Crippen LogP contribution in [0.5, 0.6) is 0 Å². The van der Waals surface area contributed by atoms with E-state index in [1.165, 1.54) is 0 Å². The molecule has 0 radical (unpaired) electrons. The fourth-order valence-electron chi connectivity index (χ4n) is 1.72. The summed E-state index contributed by atoms with van der Waals surface area (Å²) >= 11 is 0. The molecule has 2 N–H and O–H groups in total. The number of carbonyl (C=O) groups excluding carboxylic acids is 1. The Morgan fingerprint density at radius 2 is 2.14 bits per heavy atom. The Labute approximate surface area is 86.0 Å². The first kappa shape index (κ1) is 11.5. The van der Waals surface area contributed by atoms with Crippen molar-refractivity contribution in [3.8, 4) is 0 Å². The van der Waals surface area contributed by atoms with Crippen LogP contribution in [0.25, 0.3) is 0 Å².